The highest BCUT2D eigenvalue weighted by Gasteiger charge is 1.99. The monoisotopic (exact) mass is 243 g/mol. The van der Waals surface area contributed by atoms with Crippen molar-refractivity contribution in [2.75, 3.05) is 30.8 Å². The zero-order chi connectivity index (χ0) is 12.0. The number of hydrogen-bond donors (Lipinski definition) is 3. The number of ether oxygens (including phenoxy) is 1. The van der Waals surface area contributed by atoms with E-state index in [1.54, 1.807) is 18.2 Å². The minimum absolute atomic E-state index is 0.0716. The molecule has 0 saturated carbocycles. The maximum Gasteiger partial charge on any atom is 0.243 e. The number of benzene rings is 1. The molecule has 0 unspecified atom stereocenters. The summed E-state index contributed by atoms with van der Waals surface area (Å²) in [6.07, 6.45) is 0. The van der Waals surface area contributed by atoms with E-state index in [1.165, 1.54) is 0 Å². The van der Waals surface area contributed by atoms with Crippen LogP contribution in [0.1, 0.15) is 0 Å². The Balaban J connectivity index is 2.29. The van der Waals surface area contributed by atoms with E-state index in [4.69, 9.17) is 27.8 Å². The molecule has 0 aliphatic carbocycles. The lowest BCUT2D eigenvalue weighted by atomic mass is 10.2. The van der Waals surface area contributed by atoms with Crippen molar-refractivity contribution in [1.29, 1.82) is 0 Å². The van der Waals surface area contributed by atoms with Crippen molar-refractivity contribution in [1.82, 2.24) is 0 Å². The second kappa shape index (κ2) is 6.19. The van der Waals surface area contributed by atoms with Gasteiger partial charge in [-0.2, -0.15) is 0 Å². The second-order valence-corrected chi connectivity index (χ2v) is 3.61. The van der Waals surface area contributed by atoms with Gasteiger partial charge in [0, 0.05) is 11.6 Å². The van der Waals surface area contributed by atoms with Gasteiger partial charge in [0.15, 0.2) is 0 Å². The molecule has 1 amide bonds. The van der Waals surface area contributed by atoms with Crippen LogP contribution in [0.5, 0.6) is 0 Å². The van der Waals surface area contributed by atoms with Crippen LogP contribution in [0.3, 0.4) is 0 Å². The van der Waals surface area contributed by atoms with E-state index >= 15 is 0 Å². The van der Waals surface area contributed by atoms with Gasteiger partial charge in [-0.05, 0) is 18.2 Å². The SMILES string of the molecule is NC(=O)COCCNc1ccc(Cl)cc1N. The van der Waals surface area contributed by atoms with Gasteiger partial charge in [-0.3, -0.25) is 4.79 Å². The van der Waals surface area contributed by atoms with Gasteiger partial charge in [0.1, 0.15) is 6.61 Å². The number of amides is 1. The minimum atomic E-state index is -0.481. The summed E-state index contributed by atoms with van der Waals surface area (Å²) in [4.78, 5) is 10.4. The quantitative estimate of drug-likeness (QED) is 0.510. The molecule has 0 aliphatic rings. The maximum absolute atomic E-state index is 10.4. The Morgan fingerprint density at radius 3 is 2.88 bits per heavy atom. The average molecular weight is 244 g/mol. The number of nitrogens with one attached hydrogen (secondary N) is 1. The molecule has 0 aromatic heterocycles. The fourth-order valence-electron chi connectivity index (χ4n) is 1.13. The van der Waals surface area contributed by atoms with Crippen molar-refractivity contribution in [3.8, 4) is 0 Å². The summed E-state index contributed by atoms with van der Waals surface area (Å²) in [7, 11) is 0. The summed E-state index contributed by atoms with van der Waals surface area (Å²) >= 11 is 5.75. The third-order valence-corrected chi connectivity index (χ3v) is 2.05. The molecule has 0 radical (unpaired) electrons. The molecule has 0 fully saturated rings. The molecule has 5 nitrogen and oxygen atoms in total. The van der Waals surface area contributed by atoms with E-state index in [9.17, 15) is 4.79 Å². The van der Waals surface area contributed by atoms with Crippen LogP contribution in [0.15, 0.2) is 18.2 Å². The van der Waals surface area contributed by atoms with Gasteiger partial charge in [-0.1, -0.05) is 11.6 Å². The number of halogens is 1. The normalized spacial score (nSPS) is 10.1. The third-order valence-electron chi connectivity index (χ3n) is 1.82. The van der Waals surface area contributed by atoms with Crippen LogP contribution in [0, 0.1) is 0 Å². The molecule has 0 spiro atoms. The largest absolute Gasteiger partial charge is 0.397 e. The molecule has 0 bridgehead atoms. The molecule has 88 valence electrons. The highest BCUT2D eigenvalue weighted by atomic mass is 35.5. The van der Waals surface area contributed by atoms with E-state index in [1.807, 2.05) is 0 Å². The molecule has 0 atom stereocenters. The molecular weight excluding hydrogens is 230 g/mol. The van der Waals surface area contributed by atoms with Crippen molar-refractivity contribution in [3.05, 3.63) is 23.2 Å². The number of hydrogen-bond acceptors (Lipinski definition) is 4. The predicted molar refractivity (Wildman–Crippen MR) is 64.4 cm³/mol. The maximum atomic E-state index is 10.4. The van der Waals surface area contributed by atoms with Crippen LogP contribution >= 0.6 is 11.6 Å². The number of carbonyl (C=O) groups excluding carboxylic acids is 1. The van der Waals surface area contributed by atoms with E-state index in [0.29, 0.717) is 23.9 Å². The van der Waals surface area contributed by atoms with E-state index in [-0.39, 0.29) is 6.61 Å². The summed E-state index contributed by atoms with van der Waals surface area (Å²) in [6.45, 7) is 0.849. The number of nitrogen functional groups attached to an aromatic ring is 1. The fourth-order valence-corrected chi connectivity index (χ4v) is 1.31. The molecule has 0 heterocycles. The molecule has 1 rings (SSSR count). The van der Waals surface area contributed by atoms with E-state index < -0.39 is 5.91 Å². The number of rotatable bonds is 6. The lowest BCUT2D eigenvalue weighted by Gasteiger charge is -2.09. The Bertz CT molecular complexity index is 371. The first-order valence-electron chi connectivity index (χ1n) is 4.74. The lowest BCUT2D eigenvalue weighted by molar-refractivity contribution is -0.122. The first-order chi connectivity index (χ1) is 7.59. The van der Waals surface area contributed by atoms with E-state index in [2.05, 4.69) is 5.32 Å². The topological polar surface area (TPSA) is 90.4 Å². The lowest BCUT2D eigenvalue weighted by Crippen LogP contribution is -2.20. The molecule has 1 aromatic rings. The zero-order valence-electron chi connectivity index (χ0n) is 8.70. The Morgan fingerprint density at radius 1 is 1.50 bits per heavy atom. The third kappa shape index (κ3) is 4.37. The predicted octanol–water partition coefficient (Wildman–Crippen LogP) is 0.836. The van der Waals surface area contributed by atoms with Gasteiger partial charge in [0.2, 0.25) is 5.91 Å². The molecule has 1 aromatic carbocycles. The van der Waals surface area contributed by atoms with Crippen LogP contribution in [-0.2, 0) is 9.53 Å². The van der Waals surface area contributed by atoms with Crippen LogP contribution in [0.4, 0.5) is 11.4 Å². The molecule has 0 saturated heterocycles. The number of carbonyl (C=O) groups is 1. The molecule has 16 heavy (non-hydrogen) atoms. The standard InChI is InChI=1S/C10H14ClN3O2/c11-7-1-2-9(8(12)5-7)14-3-4-16-6-10(13)15/h1-2,5,14H,3-4,6,12H2,(H2,13,15). The first kappa shape index (κ1) is 12.6. The van der Waals surface area contributed by atoms with Crippen molar-refractivity contribution in [3.63, 3.8) is 0 Å². The average Bonchev–Trinajstić information content (AvgIpc) is 2.20. The van der Waals surface area contributed by atoms with Crippen LogP contribution in [0.25, 0.3) is 0 Å². The molecule has 5 N–H and O–H groups in total. The molecule has 0 aliphatic heterocycles. The van der Waals surface area contributed by atoms with Gasteiger partial charge in [0.25, 0.3) is 0 Å². The summed E-state index contributed by atoms with van der Waals surface area (Å²) in [5, 5.41) is 3.64. The highest BCUT2D eigenvalue weighted by molar-refractivity contribution is 6.31. The zero-order valence-corrected chi connectivity index (χ0v) is 9.46. The van der Waals surface area contributed by atoms with Crippen molar-refractivity contribution in [2.24, 2.45) is 5.73 Å². The number of nitrogens with two attached hydrogens (primary N) is 2. The summed E-state index contributed by atoms with van der Waals surface area (Å²) in [5.74, 6) is -0.481. The molecular formula is C10H14ClN3O2. The van der Waals surface area contributed by atoms with Crippen LogP contribution < -0.4 is 16.8 Å². The molecule has 6 heteroatoms. The van der Waals surface area contributed by atoms with Crippen molar-refractivity contribution >= 4 is 28.9 Å². The van der Waals surface area contributed by atoms with Gasteiger partial charge in [-0.25, -0.2) is 0 Å². The van der Waals surface area contributed by atoms with E-state index in [0.717, 1.165) is 5.69 Å². The first-order valence-corrected chi connectivity index (χ1v) is 5.12. The van der Waals surface area contributed by atoms with Gasteiger partial charge < -0.3 is 21.5 Å². The summed E-state index contributed by atoms with van der Waals surface area (Å²) < 4.78 is 4.98. The number of primary amides is 1. The fraction of sp³-hybridized carbons (Fsp3) is 0.300. The Hall–Kier alpha value is -1.46. The summed E-state index contributed by atoms with van der Waals surface area (Å²) in [6, 6.07) is 5.18. The van der Waals surface area contributed by atoms with Crippen LogP contribution in [-0.4, -0.2) is 25.7 Å². The van der Waals surface area contributed by atoms with Gasteiger partial charge >= 0.3 is 0 Å². The second-order valence-electron chi connectivity index (χ2n) is 3.18. The van der Waals surface area contributed by atoms with Gasteiger partial charge in [0.05, 0.1) is 18.0 Å². The van der Waals surface area contributed by atoms with Gasteiger partial charge in [-0.15, -0.1) is 0 Å². The Morgan fingerprint density at radius 2 is 2.25 bits per heavy atom. The Kier molecular flexibility index (Phi) is 4.88. The van der Waals surface area contributed by atoms with Crippen molar-refractivity contribution < 1.29 is 9.53 Å². The number of anilines is 2. The highest BCUT2D eigenvalue weighted by Crippen LogP contribution is 2.22. The van der Waals surface area contributed by atoms with Crippen LogP contribution in [0.2, 0.25) is 5.02 Å². The minimum Gasteiger partial charge on any atom is -0.397 e. The smallest absolute Gasteiger partial charge is 0.243 e. The summed E-state index contributed by atoms with van der Waals surface area (Å²) in [5.41, 5.74) is 12.0. The Labute approximate surface area is 98.7 Å². The van der Waals surface area contributed by atoms with Crippen molar-refractivity contribution in [2.45, 2.75) is 0 Å².